The molecular weight excluding hydrogens is 232 g/mol. The van der Waals surface area contributed by atoms with Crippen LogP contribution in [0.1, 0.15) is 12.0 Å². The zero-order valence-corrected chi connectivity index (χ0v) is 11.1. The highest BCUT2D eigenvalue weighted by Crippen LogP contribution is 2.06. The number of pyridine rings is 1. The van der Waals surface area contributed by atoms with Crippen LogP contribution >= 0.6 is 0 Å². The molecule has 0 aliphatic heterocycles. The molecule has 0 atom stereocenters. The van der Waals surface area contributed by atoms with Crippen molar-refractivity contribution in [2.45, 2.75) is 13.0 Å². The van der Waals surface area contributed by atoms with Crippen molar-refractivity contribution >= 4 is 5.82 Å². The Labute approximate surface area is 108 Å². The maximum Gasteiger partial charge on any atom is 0.125 e. The zero-order chi connectivity index (χ0) is 13.1. The SMILES string of the molecule is CNc1cc(COCCOCCCOC)ccn1. The Balaban J connectivity index is 2.03. The largest absolute Gasteiger partial charge is 0.385 e. The molecule has 102 valence electrons. The summed E-state index contributed by atoms with van der Waals surface area (Å²) in [4.78, 5) is 4.14. The van der Waals surface area contributed by atoms with Crippen molar-refractivity contribution in [2.24, 2.45) is 0 Å². The van der Waals surface area contributed by atoms with Gasteiger partial charge in [0, 0.05) is 33.6 Å². The highest BCUT2D eigenvalue weighted by molar-refractivity contribution is 5.36. The monoisotopic (exact) mass is 254 g/mol. The van der Waals surface area contributed by atoms with Crippen LogP contribution in [0.5, 0.6) is 0 Å². The number of hydrogen-bond acceptors (Lipinski definition) is 5. The molecule has 5 nitrogen and oxygen atoms in total. The molecule has 1 aromatic heterocycles. The Hall–Kier alpha value is -1.17. The molecule has 5 heteroatoms. The van der Waals surface area contributed by atoms with Crippen molar-refractivity contribution in [3.05, 3.63) is 23.9 Å². The van der Waals surface area contributed by atoms with E-state index < -0.39 is 0 Å². The third-order valence-corrected chi connectivity index (χ3v) is 2.36. The Morgan fingerprint density at radius 2 is 2.00 bits per heavy atom. The van der Waals surface area contributed by atoms with Gasteiger partial charge in [0.25, 0.3) is 0 Å². The van der Waals surface area contributed by atoms with Gasteiger partial charge in [-0.05, 0) is 24.1 Å². The summed E-state index contributed by atoms with van der Waals surface area (Å²) in [7, 11) is 3.54. The van der Waals surface area contributed by atoms with Crippen molar-refractivity contribution in [1.29, 1.82) is 0 Å². The van der Waals surface area contributed by atoms with Crippen molar-refractivity contribution in [3.63, 3.8) is 0 Å². The second kappa shape index (κ2) is 9.82. The summed E-state index contributed by atoms with van der Waals surface area (Å²) in [5.74, 6) is 0.854. The van der Waals surface area contributed by atoms with Gasteiger partial charge in [-0.25, -0.2) is 4.98 Å². The number of ether oxygens (including phenoxy) is 3. The molecule has 0 saturated carbocycles. The summed E-state index contributed by atoms with van der Waals surface area (Å²) in [5, 5.41) is 2.99. The average molecular weight is 254 g/mol. The van der Waals surface area contributed by atoms with Gasteiger partial charge in [-0.1, -0.05) is 0 Å². The van der Waals surface area contributed by atoms with E-state index in [4.69, 9.17) is 14.2 Å². The number of rotatable bonds is 10. The number of nitrogens with zero attached hydrogens (tertiary/aromatic N) is 1. The number of nitrogens with one attached hydrogen (secondary N) is 1. The molecule has 1 heterocycles. The number of anilines is 1. The van der Waals surface area contributed by atoms with Gasteiger partial charge in [0.15, 0.2) is 0 Å². The van der Waals surface area contributed by atoms with Crippen molar-refractivity contribution in [2.75, 3.05) is 45.9 Å². The molecule has 1 aromatic rings. The molecular formula is C13H22N2O3. The lowest BCUT2D eigenvalue weighted by molar-refractivity contribution is 0.0337. The van der Waals surface area contributed by atoms with E-state index in [1.807, 2.05) is 19.2 Å². The van der Waals surface area contributed by atoms with Crippen LogP contribution in [0.3, 0.4) is 0 Å². The number of aromatic nitrogens is 1. The smallest absolute Gasteiger partial charge is 0.125 e. The van der Waals surface area contributed by atoms with Crippen LogP contribution in [0.4, 0.5) is 5.82 Å². The predicted octanol–water partition coefficient (Wildman–Crippen LogP) is 1.69. The summed E-state index contributed by atoms with van der Waals surface area (Å²) >= 11 is 0. The Morgan fingerprint density at radius 3 is 2.78 bits per heavy atom. The fourth-order valence-electron chi connectivity index (χ4n) is 1.42. The molecule has 1 rings (SSSR count). The number of methoxy groups -OCH3 is 1. The van der Waals surface area contributed by atoms with Crippen LogP contribution in [0.25, 0.3) is 0 Å². The summed E-state index contributed by atoms with van der Waals surface area (Å²) in [6.45, 7) is 3.26. The van der Waals surface area contributed by atoms with E-state index in [0.29, 0.717) is 19.8 Å². The van der Waals surface area contributed by atoms with Crippen molar-refractivity contribution in [3.8, 4) is 0 Å². The van der Waals surface area contributed by atoms with Gasteiger partial charge in [0.2, 0.25) is 0 Å². The van der Waals surface area contributed by atoms with Crippen molar-refractivity contribution in [1.82, 2.24) is 4.98 Å². The molecule has 0 aromatic carbocycles. The second-order valence-corrected chi connectivity index (χ2v) is 3.81. The van der Waals surface area contributed by atoms with Crippen LogP contribution in [-0.2, 0) is 20.8 Å². The van der Waals surface area contributed by atoms with Crippen LogP contribution in [-0.4, -0.2) is 45.6 Å². The molecule has 18 heavy (non-hydrogen) atoms. The predicted molar refractivity (Wildman–Crippen MR) is 70.8 cm³/mol. The minimum absolute atomic E-state index is 0.582. The topological polar surface area (TPSA) is 52.6 Å². The second-order valence-electron chi connectivity index (χ2n) is 3.81. The lowest BCUT2D eigenvalue weighted by atomic mass is 10.3. The van der Waals surface area contributed by atoms with Gasteiger partial charge in [0.1, 0.15) is 5.82 Å². The van der Waals surface area contributed by atoms with Crippen LogP contribution in [0.15, 0.2) is 18.3 Å². The third kappa shape index (κ3) is 6.54. The minimum atomic E-state index is 0.582. The van der Waals surface area contributed by atoms with E-state index >= 15 is 0 Å². The molecule has 0 fully saturated rings. The third-order valence-electron chi connectivity index (χ3n) is 2.36. The summed E-state index contributed by atoms with van der Waals surface area (Å²) in [5.41, 5.74) is 1.11. The Bertz CT molecular complexity index is 321. The van der Waals surface area contributed by atoms with Crippen LogP contribution in [0, 0.1) is 0 Å². The van der Waals surface area contributed by atoms with Crippen molar-refractivity contribution < 1.29 is 14.2 Å². The van der Waals surface area contributed by atoms with Gasteiger partial charge >= 0.3 is 0 Å². The summed E-state index contributed by atoms with van der Waals surface area (Å²) < 4.78 is 15.8. The Kier molecular flexibility index (Phi) is 8.12. The first-order chi connectivity index (χ1) is 8.86. The van der Waals surface area contributed by atoms with Crippen LogP contribution in [0.2, 0.25) is 0 Å². The highest BCUT2D eigenvalue weighted by Gasteiger charge is 1.96. The van der Waals surface area contributed by atoms with Gasteiger partial charge in [-0.15, -0.1) is 0 Å². The van der Waals surface area contributed by atoms with E-state index in [0.717, 1.165) is 31.0 Å². The van der Waals surface area contributed by atoms with E-state index in [2.05, 4.69) is 10.3 Å². The fourth-order valence-corrected chi connectivity index (χ4v) is 1.42. The average Bonchev–Trinajstić information content (AvgIpc) is 2.42. The molecule has 0 bridgehead atoms. The lowest BCUT2D eigenvalue weighted by Gasteiger charge is -2.06. The van der Waals surface area contributed by atoms with E-state index in [9.17, 15) is 0 Å². The first-order valence-corrected chi connectivity index (χ1v) is 6.14. The Morgan fingerprint density at radius 1 is 1.17 bits per heavy atom. The van der Waals surface area contributed by atoms with E-state index in [-0.39, 0.29) is 0 Å². The van der Waals surface area contributed by atoms with Gasteiger partial charge in [-0.3, -0.25) is 0 Å². The molecule has 0 unspecified atom stereocenters. The molecule has 0 amide bonds. The first kappa shape index (κ1) is 14.9. The van der Waals surface area contributed by atoms with Gasteiger partial charge < -0.3 is 19.5 Å². The quantitative estimate of drug-likeness (QED) is 0.644. The van der Waals surface area contributed by atoms with Gasteiger partial charge in [-0.2, -0.15) is 0 Å². The maximum atomic E-state index is 5.51. The summed E-state index contributed by atoms with van der Waals surface area (Å²) in [6.07, 6.45) is 2.69. The molecule has 0 spiro atoms. The summed E-state index contributed by atoms with van der Waals surface area (Å²) in [6, 6.07) is 3.92. The molecule has 0 radical (unpaired) electrons. The number of hydrogen-bond donors (Lipinski definition) is 1. The first-order valence-electron chi connectivity index (χ1n) is 6.14. The van der Waals surface area contributed by atoms with Crippen LogP contribution < -0.4 is 5.32 Å². The fraction of sp³-hybridized carbons (Fsp3) is 0.615. The van der Waals surface area contributed by atoms with Gasteiger partial charge in [0.05, 0.1) is 19.8 Å². The normalized spacial score (nSPS) is 10.6. The van der Waals surface area contributed by atoms with E-state index in [1.165, 1.54) is 0 Å². The molecule has 1 N–H and O–H groups in total. The standard InChI is InChI=1S/C13H22N2O3/c1-14-13-10-12(4-5-15-13)11-18-9-8-17-7-3-6-16-2/h4-5,10H,3,6-9,11H2,1-2H3,(H,14,15). The maximum absolute atomic E-state index is 5.51. The zero-order valence-electron chi connectivity index (χ0n) is 11.1. The molecule has 0 aliphatic rings. The minimum Gasteiger partial charge on any atom is -0.385 e. The highest BCUT2D eigenvalue weighted by atomic mass is 16.5. The molecule has 0 aliphatic carbocycles. The van der Waals surface area contributed by atoms with E-state index in [1.54, 1.807) is 13.3 Å². The lowest BCUT2D eigenvalue weighted by Crippen LogP contribution is -2.06. The molecule has 0 saturated heterocycles.